The summed E-state index contributed by atoms with van der Waals surface area (Å²) in [5.74, 6) is 0. The summed E-state index contributed by atoms with van der Waals surface area (Å²) in [6.45, 7) is 9.66. The zero-order valence-electron chi connectivity index (χ0n) is 20.7. The summed E-state index contributed by atoms with van der Waals surface area (Å²) in [4.78, 5) is 29.6. The van der Waals surface area contributed by atoms with Crippen molar-refractivity contribution in [2.75, 3.05) is 20.1 Å². The average Bonchev–Trinajstić information content (AvgIpc) is 2.80. The highest BCUT2D eigenvalue weighted by Crippen LogP contribution is 2.25. The van der Waals surface area contributed by atoms with Crippen LogP contribution in [0.2, 0.25) is 0 Å². The molecule has 4 rings (SSSR count). The number of likely N-dealkylation sites (tertiary alicyclic amines) is 1. The van der Waals surface area contributed by atoms with Gasteiger partial charge >= 0.3 is 6.09 Å². The van der Waals surface area contributed by atoms with E-state index in [0.29, 0.717) is 12.1 Å². The number of ether oxygens (including phenoxy) is 1. The normalized spacial score (nSPS) is 15.4. The van der Waals surface area contributed by atoms with Crippen LogP contribution in [0.5, 0.6) is 0 Å². The van der Waals surface area contributed by atoms with Crippen molar-refractivity contribution in [1.82, 2.24) is 19.6 Å². The van der Waals surface area contributed by atoms with Crippen LogP contribution < -0.4 is 5.56 Å². The Morgan fingerprint density at radius 2 is 1.68 bits per heavy atom. The van der Waals surface area contributed by atoms with E-state index in [2.05, 4.69) is 36.1 Å². The first-order valence-electron chi connectivity index (χ1n) is 11.9. The van der Waals surface area contributed by atoms with Crippen molar-refractivity contribution >= 4 is 16.9 Å². The second-order valence-electron chi connectivity index (χ2n) is 10.1. The van der Waals surface area contributed by atoms with E-state index in [9.17, 15) is 9.59 Å². The van der Waals surface area contributed by atoms with Crippen molar-refractivity contribution in [2.45, 2.75) is 58.8 Å². The Hall–Kier alpha value is -3.19. The van der Waals surface area contributed by atoms with Gasteiger partial charge < -0.3 is 9.64 Å². The number of aryl methyl sites for hydroxylation is 1. The molecule has 0 unspecified atom stereocenters. The van der Waals surface area contributed by atoms with Crippen LogP contribution in [-0.4, -0.2) is 57.5 Å². The number of carbonyl (C=O) groups excluding carboxylic acids is 1. The summed E-state index contributed by atoms with van der Waals surface area (Å²) in [7, 11) is 1.80. The highest BCUT2D eigenvalue weighted by Gasteiger charge is 2.29. The smallest absolute Gasteiger partial charge is 0.410 e. The predicted molar refractivity (Wildman–Crippen MR) is 135 cm³/mol. The van der Waals surface area contributed by atoms with Gasteiger partial charge in [-0.3, -0.25) is 9.69 Å². The van der Waals surface area contributed by atoms with Crippen LogP contribution in [0, 0.1) is 6.92 Å². The molecule has 1 aliphatic rings. The number of hydrogen-bond donors (Lipinski definition) is 0. The lowest BCUT2D eigenvalue weighted by Gasteiger charge is -2.37. The molecule has 7 heteroatoms. The number of benzene rings is 2. The van der Waals surface area contributed by atoms with E-state index in [1.165, 1.54) is 5.56 Å². The molecule has 34 heavy (non-hydrogen) atoms. The number of carbonyl (C=O) groups is 1. The minimum atomic E-state index is -0.510. The molecule has 2 aromatic carbocycles. The van der Waals surface area contributed by atoms with Crippen molar-refractivity contribution in [3.63, 3.8) is 0 Å². The first kappa shape index (κ1) is 24.0. The summed E-state index contributed by atoms with van der Waals surface area (Å²) >= 11 is 0. The van der Waals surface area contributed by atoms with Crippen LogP contribution in [-0.2, 0) is 11.4 Å². The van der Waals surface area contributed by atoms with Gasteiger partial charge in [0.15, 0.2) is 0 Å². The molecule has 1 saturated heterocycles. The van der Waals surface area contributed by atoms with Crippen molar-refractivity contribution in [3.8, 4) is 11.3 Å². The molecule has 1 amide bonds. The molecule has 0 radical (unpaired) electrons. The third kappa shape index (κ3) is 5.30. The maximum Gasteiger partial charge on any atom is 0.410 e. The predicted octanol–water partition coefficient (Wildman–Crippen LogP) is 4.66. The molecular weight excluding hydrogens is 428 g/mol. The van der Waals surface area contributed by atoms with Gasteiger partial charge in [-0.25, -0.2) is 9.48 Å². The fourth-order valence-electron chi connectivity index (χ4n) is 4.38. The number of hydrogen-bond acceptors (Lipinski definition) is 5. The largest absolute Gasteiger partial charge is 0.444 e. The molecule has 3 aromatic rings. The molecule has 7 nitrogen and oxygen atoms in total. The van der Waals surface area contributed by atoms with Crippen LogP contribution in [0.3, 0.4) is 0 Å². The molecule has 180 valence electrons. The van der Waals surface area contributed by atoms with Crippen LogP contribution in [0.25, 0.3) is 22.0 Å². The van der Waals surface area contributed by atoms with Crippen LogP contribution in [0.4, 0.5) is 4.79 Å². The monoisotopic (exact) mass is 462 g/mol. The second kappa shape index (κ2) is 9.58. The molecule has 1 aliphatic heterocycles. The fourth-order valence-corrected chi connectivity index (χ4v) is 4.38. The lowest BCUT2D eigenvalue weighted by molar-refractivity contribution is 0.0134. The lowest BCUT2D eigenvalue weighted by atomic mass is 10.0. The number of rotatable bonds is 4. The topological polar surface area (TPSA) is 67.7 Å². The molecule has 0 atom stereocenters. The third-order valence-corrected chi connectivity index (χ3v) is 6.31. The number of fused-ring (bicyclic) bond motifs is 1. The van der Waals surface area contributed by atoms with Crippen LogP contribution >= 0.6 is 0 Å². The number of aromatic nitrogens is 2. The molecule has 0 saturated carbocycles. The SMILES string of the molecule is Cc1ccc(-c2nn(CN3CCC(N(C)C(=O)OC(C)(C)C)CC3)c(=O)c3ccccc23)cc1. The maximum atomic E-state index is 13.2. The minimum absolute atomic E-state index is 0.0838. The number of piperidine rings is 1. The van der Waals surface area contributed by atoms with E-state index in [-0.39, 0.29) is 17.7 Å². The van der Waals surface area contributed by atoms with Crippen molar-refractivity contribution in [3.05, 3.63) is 64.4 Å². The highest BCUT2D eigenvalue weighted by atomic mass is 16.6. The minimum Gasteiger partial charge on any atom is -0.444 e. The first-order chi connectivity index (χ1) is 16.1. The van der Waals surface area contributed by atoms with E-state index in [1.54, 1.807) is 16.6 Å². The Morgan fingerprint density at radius 1 is 1.06 bits per heavy atom. The Labute approximate surface area is 200 Å². The van der Waals surface area contributed by atoms with E-state index < -0.39 is 5.60 Å². The fraction of sp³-hybridized carbons (Fsp3) is 0.444. The number of amides is 1. The first-order valence-corrected chi connectivity index (χ1v) is 11.9. The third-order valence-electron chi connectivity index (χ3n) is 6.31. The standard InChI is InChI=1S/C27H34N4O3/c1-19-10-12-20(13-11-19)24-22-8-6-7-9-23(22)25(32)31(28-24)18-30-16-14-21(15-17-30)29(5)26(33)34-27(2,3)4/h6-13,21H,14-18H2,1-5H3. The van der Waals surface area contributed by atoms with Gasteiger partial charge in [-0.1, -0.05) is 48.0 Å². The lowest BCUT2D eigenvalue weighted by Crippen LogP contribution is -2.48. The van der Waals surface area contributed by atoms with Gasteiger partial charge in [0, 0.05) is 37.1 Å². The van der Waals surface area contributed by atoms with Crippen molar-refractivity contribution in [1.29, 1.82) is 0 Å². The number of nitrogens with zero attached hydrogens (tertiary/aromatic N) is 4. The Balaban J connectivity index is 1.52. The van der Waals surface area contributed by atoms with Crippen LogP contribution in [0.15, 0.2) is 53.3 Å². The van der Waals surface area contributed by atoms with Gasteiger partial charge in [-0.15, -0.1) is 0 Å². The molecule has 0 aliphatic carbocycles. The van der Waals surface area contributed by atoms with E-state index in [0.717, 1.165) is 42.6 Å². The van der Waals surface area contributed by atoms with Crippen molar-refractivity contribution in [2.24, 2.45) is 0 Å². The van der Waals surface area contributed by atoms with E-state index in [4.69, 9.17) is 9.84 Å². The molecular formula is C27H34N4O3. The van der Waals surface area contributed by atoms with Gasteiger partial charge in [0.25, 0.3) is 5.56 Å². The zero-order valence-corrected chi connectivity index (χ0v) is 20.7. The Kier molecular flexibility index (Phi) is 6.75. The maximum absolute atomic E-state index is 13.2. The summed E-state index contributed by atoms with van der Waals surface area (Å²) in [6, 6.07) is 16.0. The van der Waals surface area contributed by atoms with Gasteiger partial charge in [-0.2, -0.15) is 5.10 Å². The Bertz CT molecular complexity index is 1220. The van der Waals surface area contributed by atoms with Crippen LogP contribution in [0.1, 0.15) is 39.2 Å². The van der Waals surface area contributed by atoms with Gasteiger partial charge in [0.05, 0.1) is 17.7 Å². The summed E-state index contributed by atoms with van der Waals surface area (Å²) in [5, 5.41) is 6.33. The summed E-state index contributed by atoms with van der Waals surface area (Å²) in [5.41, 5.74) is 2.40. The summed E-state index contributed by atoms with van der Waals surface area (Å²) < 4.78 is 7.09. The second-order valence-corrected chi connectivity index (χ2v) is 10.1. The molecule has 1 aromatic heterocycles. The van der Waals surface area contributed by atoms with Crippen molar-refractivity contribution < 1.29 is 9.53 Å². The molecule has 2 heterocycles. The summed E-state index contributed by atoms with van der Waals surface area (Å²) in [6.07, 6.45) is 1.35. The molecule has 1 fully saturated rings. The van der Waals surface area contributed by atoms with Gasteiger partial charge in [-0.05, 0) is 46.6 Å². The van der Waals surface area contributed by atoms with E-state index >= 15 is 0 Å². The molecule has 0 bridgehead atoms. The van der Waals surface area contributed by atoms with Gasteiger partial charge in [0.1, 0.15) is 5.60 Å². The molecule has 0 N–H and O–H groups in total. The quantitative estimate of drug-likeness (QED) is 0.564. The zero-order chi connectivity index (χ0) is 24.5. The average molecular weight is 463 g/mol. The van der Waals surface area contributed by atoms with Gasteiger partial charge in [0.2, 0.25) is 0 Å². The van der Waals surface area contributed by atoms with E-state index in [1.807, 2.05) is 45.0 Å². The highest BCUT2D eigenvalue weighted by molar-refractivity contribution is 5.93. The Morgan fingerprint density at radius 3 is 2.29 bits per heavy atom. The molecule has 0 spiro atoms.